The second kappa shape index (κ2) is 7.04. The second-order valence-corrected chi connectivity index (χ2v) is 6.38. The number of carbonyl (C=O) groups excluding carboxylic acids is 1. The minimum Gasteiger partial charge on any atom is -0.324 e. The molecule has 25 heavy (non-hydrogen) atoms. The van der Waals surface area contributed by atoms with Gasteiger partial charge in [-0.1, -0.05) is 6.07 Å². The van der Waals surface area contributed by atoms with Gasteiger partial charge in [0.1, 0.15) is 5.82 Å². The van der Waals surface area contributed by atoms with Gasteiger partial charge in [0.05, 0.1) is 0 Å². The van der Waals surface area contributed by atoms with Gasteiger partial charge >= 0.3 is 6.03 Å². The first-order valence-corrected chi connectivity index (χ1v) is 8.29. The Labute approximate surface area is 145 Å². The molecule has 2 heterocycles. The SMILES string of the molecule is Cc1cc(F)ccc1C1CCN(C(=O)Nc2nccn(C)c2=O)CC1. The zero-order valence-corrected chi connectivity index (χ0v) is 14.3. The van der Waals surface area contributed by atoms with Gasteiger partial charge in [0, 0.05) is 32.5 Å². The van der Waals surface area contributed by atoms with E-state index in [1.165, 1.54) is 23.0 Å². The number of halogens is 1. The zero-order valence-electron chi connectivity index (χ0n) is 14.3. The van der Waals surface area contributed by atoms with Gasteiger partial charge in [-0.3, -0.25) is 10.1 Å². The Morgan fingerprint density at radius 2 is 2.04 bits per heavy atom. The fraction of sp³-hybridized carbons (Fsp3) is 0.389. The van der Waals surface area contributed by atoms with Gasteiger partial charge < -0.3 is 9.47 Å². The van der Waals surface area contributed by atoms with Gasteiger partial charge in [0.15, 0.2) is 0 Å². The maximum Gasteiger partial charge on any atom is 0.323 e. The quantitative estimate of drug-likeness (QED) is 0.911. The lowest BCUT2D eigenvalue weighted by atomic mass is 9.87. The molecule has 1 saturated heterocycles. The Balaban J connectivity index is 1.63. The van der Waals surface area contributed by atoms with E-state index in [-0.39, 0.29) is 23.2 Å². The lowest BCUT2D eigenvalue weighted by Crippen LogP contribution is -2.42. The number of aromatic nitrogens is 2. The highest BCUT2D eigenvalue weighted by Crippen LogP contribution is 2.30. The Hall–Kier alpha value is -2.70. The van der Waals surface area contributed by atoms with Gasteiger partial charge in [-0.15, -0.1) is 0 Å². The molecule has 0 saturated carbocycles. The van der Waals surface area contributed by atoms with Crippen LogP contribution in [0.3, 0.4) is 0 Å². The van der Waals surface area contributed by atoms with Crippen LogP contribution in [-0.2, 0) is 7.05 Å². The van der Waals surface area contributed by atoms with Gasteiger partial charge in [-0.05, 0) is 48.9 Å². The smallest absolute Gasteiger partial charge is 0.323 e. The normalized spacial score (nSPS) is 15.2. The van der Waals surface area contributed by atoms with E-state index in [1.807, 2.05) is 13.0 Å². The summed E-state index contributed by atoms with van der Waals surface area (Å²) in [5.74, 6) is 0.119. The van der Waals surface area contributed by atoms with E-state index in [9.17, 15) is 14.0 Å². The average molecular weight is 344 g/mol. The molecule has 1 N–H and O–H groups in total. The summed E-state index contributed by atoms with van der Waals surface area (Å²) in [4.78, 5) is 29.9. The molecular formula is C18H21FN4O2. The summed E-state index contributed by atoms with van der Waals surface area (Å²) in [7, 11) is 1.61. The summed E-state index contributed by atoms with van der Waals surface area (Å²) < 4.78 is 14.6. The van der Waals surface area contributed by atoms with E-state index in [0.29, 0.717) is 19.0 Å². The average Bonchev–Trinajstić information content (AvgIpc) is 2.59. The maximum atomic E-state index is 13.3. The first-order chi connectivity index (χ1) is 12.0. The highest BCUT2D eigenvalue weighted by Gasteiger charge is 2.25. The zero-order chi connectivity index (χ0) is 18.0. The second-order valence-electron chi connectivity index (χ2n) is 6.38. The molecule has 1 aromatic heterocycles. The molecule has 0 bridgehead atoms. The molecular weight excluding hydrogens is 323 g/mol. The predicted octanol–water partition coefficient (Wildman–Crippen LogP) is 2.64. The number of nitrogens with zero attached hydrogens (tertiary/aromatic N) is 3. The van der Waals surface area contributed by atoms with Crippen LogP contribution >= 0.6 is 0 Å². The lowest BCUT2D eigenvalue weighted by Gasteiger charge is -2.32. The molecule has 0 spiro atoms. The third-order valence-electron chi connectivity index (χ3n) is 4.70. The minimum atomic E-state index is -0.340. The molecule has 2 amide bonds. The Morgan fingerprint density at radius 1 is 1.32 bits per heavy atom. The predicted molar refractivity (Wildman–Crippen MR) is 93.2 cm³/mol. The number of anilines is 1. The van der Waals surface area contributed by atoms with Crippen molar-refractivity contribution in [1.29, 1.82) is 0 Å². The van der Waals surface area contributed by atoms with Crippen LogP contribution in [-0.4, -0.2) is 33.6 Å². The third kappa shape index (κ3) is 3.70. The number of hydrogen-bond donors (Lipinski definition) is 1. The first kappa shape index (κ1) is 17.1. The number of nitrogens with one attached hydrogen (secondary N) is 1. The number of urea groups is 1. The Kier molecular flexibility index (Phi) is 4.83. The fourth-order valence-corrected chi connectivity index (χ4v) is 3.25. The van der Waals surface area contributed by atoms with Crippen molar-refractivity contribution in [2.24, 2.45) is 7.05 Å². The highest BCUT2D eigenvalue weighted by molar-refractivity contribution is 5.88. The van der Waals surface area contributed by atoms with E-state index in [0.717, 1.165) is 24.0 Å². The number of hydrogen-bond acceptors (Lipinski definition) is 3. The van der Waals surface area contributed by atoms with Crippen molar-refractivity contribution >= 4 is 11.8 Å². The van der Waals surface area contributed by atoms with Crippen molar-refractivity contribution in [2.75, 3.05) is 18.4 Å². The molecule has 1 fully saturated rings. The highest BCUT2D eigenvalue weighted by atomic mass is 19.1. The molecule has 0 atom stereocenters. The summed E-state index contributed by atoms with van der Waals surface area (Å²) >= 11 is 0. The van der Waals surface area contributed by atoms with Crippen molar-refractivity contribution in [3.8, 4) is 0 Å². The number of piperidine rings is 1. The van der Waals surface area contributed by atoms with Crippen LogP contribution in [0, 0.1) is 12.7 Å². The van der Waals surface area contributed by atoms with Crippen molar-refractivity contribution < 1.29 is 9.18 Å². The number of aryl methyl sites for hydroxylation is 2. The Morgan fingerprint density at radius 3 is 2.72 bits per heavy atom. The van der Waals surface area contributed by atoms with Crippen LogP contribution in [0.15, 0.2) is 35.4 Å². The van der Waals surface area contributed by atoms with Crippen molar-refractivity contribution in [1.82, 2.24) is 14.5 Å². The molecule has 2 aromatic rings. The first-order valence-electron chi connectivity index (χ1n) is 8.29. The van der Waals surface area contributed by atoms with Crippen molar-refractivity contribution in [3.05, 3.63) is 57.9 Å². The monoisotopic (exact) mass is 344 g/mol. The van der Waals surface area contributed by atoms with Gasteiger partial charge in [-0.25, -0.2) is 14.2 Å². The molecule has 1 aliphatic heterocycles. The minimum absolute atomic E-state index is 0.0338. The maximum absolute atomic E-state index is 13.3. The van der Waals surface area contributed by atoms with Crippen molar-refractivity contribution in [2.45, 2.75) is 25.7 Å². The molecule has 1 aromatic carbocycles. The Bertz CT molecular complexity index is 841. The fourth-order valence-electron chi connectivity index (χ4n) is 3.25. The number of benzene rings is 1. The number of likely N-dealkylation sites (tertiary alicyclic amines) is 1. The molecule has 0 unspecified atom stereocenters. The third-order valence-corrected chi connectivity index (χ3v) is 4.70. The van der Waals surface area contributed by atoms with Crippen LogP contribution < -0.4 is 10.9 Å². The number of carbonyl (C=O) groups is 1. The van der Waals surface area contributed by atoms with Crippen LogP contribution in [0.1, 0.15) is 29.9 Å². The van der Waals surface area contributed by atoms with Crippen LogP contribution in [0.4, 0.5) is 15.0 Å². The van der Waals surface area contributed by atoms with E-state index < -0.39 is 0 Å². The van der Waals surface area contributed by atoms with Gasteiger partial charge in [0.25, 0.3) is 5.56 Å². The van der Waals surface area contributed by atoms with E-state index in [4.69, 9.17) is 0 Å². The number of rotatable bonds is 2. The van der Waals surface area contributed by atoms with Crippen LogP contribution in [0.5, 0.6) is 0 Å². The standard InChI is InChI=1S/C18H21FN4O2/c1-12-11-14(19)3-4-15(12)13-5-8-23(9-6-13)18(25)21-16-17(24)22(2)10-7-20-16/h3-4,7,10-11,13H,5-6,8-9H2,1-2H3,(H,20,21,25). The van der Waals surface area contributed by atoms with Crippen molar-refractivity contribution in [3.63, 3.8) is 0 Å². The summed E-state index contributed by atoms with van der Waals surface area (Å²) in [6.45, 7) is 3.08. The van der Waals surface area contributed by atoms with Crippen LogP contribution in [0.2, 0.25) is 0 Å². The molecule has 3 rings (SSSR count). The molecule has 7 heteroatoms. The van der Waals surface area contributed by atoms with E-state index in [2.05, 4.69) is 10.3 Å². The van der Waals surface area contributed by atoms with Gasteiger partial charge in [-0.2, -0.15) is 0 Å². The lowest BCUT2D eigenvalue weighted by molar-refractivity contribution is 0.194. The summed E-state index contributed by atoms with van der Waals surface area (Å²) in [6.07, 6.45) is 4.62. The largest absolute Gasteiger partial charge is 0.324 e. The molecule has 132 valence electrons. The molecule has 1 aliphatic rings. The molecule has 0 aliphatic carbocycles. The van der Waals surface area contributed by atoms with E-state index in [1.54, 1.807) is 18.0 Å². The number of amides is 2. The van der Waals surface area contributed by atoms with Gasteiger partial charge in [0.2, 0.25) is 5.82 Å². The summed E-state index contributed by atoms with van der Waals surface area (Å²) in [6, 6.07) is 4.55. The molecule has 0 radical (unpaired) electrons. The van der Waals surface area contributed by atoms with Crippen LogP contribution in [0.25, 0.3) is 0 Å². The van der Waals surface area contributed by atoms with E-state index >= 15 is 0 Å². The molecule has 6 nitrogen and oxygen atoms in total. The topological polar surface area (TPSA) is 67.2 Å². The summed E-state index contributed by atoms with van der Waals surface area (Å²) in [5.41, 5.74) is 1.74. The summed E-state index contributed by atoms with van der Waals surface area (Å²) in [5, 5.41) is 2.59.